The molecule has 0 rings (SSSR count). The van der Waals surface area contributed by atoms with Gasteiger partial charge < -0.3 is 0 Å². The van der Waals surface area contributed by atoms with E-state index in [9.17, 15) is 22.8 Å². The number of nitrogens with one attached hydrogen (secondary N) is 1. The Morgan fingerprint density at radius 3 is 2.19 bits per heavy atom. The van der Waals surface area contributed by atoms with E-state index in [1.54, 1.807) is 0 Å². The Kier molecular flexibility index (Phi) is 5.67. The van der Waals surface area contributed by atoms with Gasteiger partial charge in [0.05, 0.1) is 0 Å². The van der Waals surface area contributed by atoms with Crippen LogP contribution in [0.15, 0.2) is 5.57 Å². The van der Waals surface area contributed by atoms with Gasteiger partial charge in [0.25, 0.3) is 5.78 Å². The van der Waals surface area contributed by atoms with Crippen LogP contribution in [0.1, 0.15) is 32.6 Å². The lowest BCUT2D eigenvalue weighted by molar-refractivity contribution is -0.166. The maximum Gasteiger partial charge on any atom is 0.455 e. The maximum absolute atomic E-state index is 12.0. The third-order valence-corrected chi connectivity index (χ3v) is 1.90. The maximum atomic E-state index is 12.0. The molecule has 0 aliphatic rings. The van der Waals surface area contributed by atoms with Crippen LogP contribution in [0.2, 0.25) is 0 Å². The van der Waals surface area contributed by atoms with Crippen molar-refractivity contribution in [1.82, 2.24) is 0 Å². The van der Waals surface area contributed by atoms with Gasteiger partial charge in [0.15, 0.2) is 5.78 Å². The van der Waals surface area contributed by atoms with Gasteiger partial charge in [0.2, 0.25) is 0 Å². The van der Waals surface area contributed by atoms with Crippen LogP contribution in [-0.4, -0.2) is 23.6 Å². The summed E-state index contributed by atoms with van der Waals surface area (Å²) in [6, 6.07) is 0. The molecule has 0 unspecified atom stereocenters. The highest BCUT2D eigenvalue weighted by atomic mass is 19.4. The summed E-state index contributed by atoms with van der Waals surface area (Å²) in [5.74, 6) is -1.97. The third kappa shape index (κ3) is 4.40. The van der Waals surface area contributed by atoms with Crippen LogP contribution in [0.25, 0.3) is 0 Å². The summed E-state index contributed by atoms with van der Waals surface area (Å²) < 4.78 is 36.0. The van der Waals surface area contributed by atoms with Crippen LogP contribution in [0.3, 0.4) is 0 Å². The minimum Gasteiger partial charge on any atom is -0.293 e. The SMILES string of the molecule is CCCCCC(=O)C(=C=N)C(=O)C(F)(F)F. The van der Waals surface area contributed by atoms with Crippen molar-refractivity contribution in [3.8, 4) is 0 Å². The Morgan fingerprint density at radius 2 is 1.81 bits per heavy atom. The molecular weight excluding hydrogens is 223 g/mol. The van der Waals surface area contributed by atoms with E-state index in [4.69, 9.17) is 5.41 Å². The predicted octanol–water partition coefficient (Wildman–Crippen LogP) is 2.44. The second-order valence-electron chi connectivity index (χ2n) is 3.21. The molecule has 0 bridgehead atoms. The second kappa shape index (κ2) is 6.23. The molecule has 0 spiro atoms. The van der Waals surface area contributed by atoms with Gasteiger partial charge in [-0.15, -0.1) is 0 Å². The molecule has 3 nitrogen and oxygen atoms in total. The fraction of sp³-hybridized carbons (Fsp3) is 0.600. The van der Waals surface area contributed by atoms with E-state index in [0.29, 0.717) is 12.8 Å². The molecule has 1 N–H and O–H groups in total. The number of carbonyl (C=O) groups is 2. The van der Waals surface area contributed by atoms with Crippen LogP contribution in [0.5, 0.6) is 0 Å². The van der Waals surface area contributed by atoms with Crippen LogP contribution in [0, 0.1) is 5.41 Å². The highest BCUT2D eigenvalue weighted by molar-refractivity contribution is 6.27. The molecule has 0 radical (unpaired) electrons. The number of halogens is 3. The van der Waals surface area contributed by atoms with Crippen molar-refractivity contribution in [2.75, 3.05) is 0 Å². The van der Waals surface area contributed by atoms with E-state index in [2.05, 4.69) is 0 Å². The van der Waals surface area contributed by atoms with Crippen molar-refractivity contribution in [3.05, 3.63) is 5.57 Å². The van der Waals surface area contributed by atoms with Crippen molar-refractivity contribution in [1.29, 1.82) is 5.41 Å². The van der Waals surface area contributed by atoms with Crippen LogP contribution < -0.4 is 0 Å². The first-order chi connectivity index (χ1) is 7.34. The van der Waals surface area contributed by atoms with E-state index in [0.717, 1.165) is 6.42 Å². The number of rotatable bonds is 6. The van der Waals surface area contributed by atoms with Crippen molar-refractivity contribution in [2.24, 2.45) is 0 Å². The van der Waals surface area contributed by atoms with Crippen molar-refractivity contribution in [2.45, 2.75) is 38.8 Å². The molecule has 0 aliphatic carbocycles. The van der Waals surface area contributed by atoms with E-state index < -0.39 is 23.3 Å². The Balaban J connectivity index is 4.59. The third-order valence-electron chi connectivity index (χ3n) is 1.90. The highest BCUT2D eigenvalue weighted by Crippen LogP contribution is 2.21. The largest absolute Gasteiger partial charge is 0.455 e. The average molecular weight is 235 g/mol. The molecule has 16 heavy (non-hydrogen) atoms. The number of hydrogen-bond acceptors (Lipinski definition) is 3. The van der Waals surface area contributed by atoms with Gasteiger partial charge in [-0.2, -0.15) is 13.2 Å². The minimum absolute atomic E-state index is 0.156. The number of allylic oxidation sites excluding steroid dienone is 1. The fourth-order valence-electron chi connectivity index (χ4n) is 1.06. The number of ketones is 2. The van der Waals surface area contributed by atoms with Crippen LogP contribution >= 0.6 is 0 Å². The number of unbranched alkanes of at least 4 members (excludes halogenated alkanes) is 2. The smallest absolute Gasteiger partial charge is 0.293 e. The van der Waals surface area contributed by atoms with E-state index in [1.165, 1.54) is 5.87 Å². The normalized spacial score (nSPS) is 10.8. The van der Waals surface area contributed by atoms with Crippen molar-refractivity contribution in [3.63, 3.8) is 0 Å². The van der Waals surface area contributed by atoms with Crippen molar-refractivity contribution >= 4 is 17.4 Å². The number of carbonyl (C=O) groups excluding carboxylic acids is 2. The summed E-state index contributed by atoms with van der Waals surface area (Å²) in [7, 11) is 0. The summed E-state index contributed by atoms with van der Waals surface area (Å²) in [6.45, 7) is 1.87. The summed E-state index contributed by atoms with van der Waals surface area (Å²) in [6.07, 6.45) is -3.37. The first kappa shape index (κ1) is 14.6. The second-order valence-corrected chi connectivity index (χ2v) is 3.21. The average Bonchev–Trinajstić information content (AvgIpc) is 2.17. The monoisotopic (exact) mass is 235 g/mol. The Morgan fingerprint density at radius 1 is 1.25 bits per heavy atom. The lowest BCUT2D eigenvalue weighted by Gasteiger charge is -2.05. The molecule has 0 amide bonds. The molecule has 0 fully saturated rings. The summed E-state index contributed by atoms with van der Waals surface area (Å²) in [5.41, 5.74) is -1.20. The zero-order valence-corrected chi connectivity index (χ0v) is 8.78. The Bertz CT molecular complexity index is 327. The first-order valence-electron chi connectivity index (χ1n) is 4.79. The number of Topliss-reactive ketones (excluding diaryl/α,β-unsaturated/α-hetero) is 2. The quantitative estimate of drug-likeness (QED) is 0.253. The minimum atomic E-state index is -5.12. The molecule has 90 valence electrons. The molecule has 0 aromatic carbocycles. The molecular formula is C10H12F3NO2. The van der Waals surface area contributed by atoms with Gasteiger partial charge in [-0.25, -0.2) is 0 Å². The molecule has 0 saturated carbocycles. The van der Waals surface area contributed by atoms with E-state index >= 15 is 0 Å². The Hall–Kier alpha value is -1.42. The standard InChI is InChI=1S/C10H12F3NO2/c1-2-3-4-5-8(15)7(6-14)9(16)10(11,12)13/h14H,2-5H2,1H3. The van der Waals surface area contributed by atoms with Gasteiger partial charge in [-0.1, -0.05) is 19.8 Å². The first-order valence-corrected chi connectivity index (χ1v) is 4.79. The molecule has 0 saturated heterocycles. The van der Waals surface area contributed by atoms with Gasteiger partial charge in [0, 0.05) is 6.42 Å². The summed E-state index contributed by atoms with van der Waals surface area (Å²) in [5, 5.41) is 6.55. The molecule has 0 aliphatic heterocycles. The van der Waals surface area contributed by atoms with E-state index in [-0.39, 0.29) is 6.42 Å². The number of hydrogen-bond donors (Lipinski definition) is 1. The number of alkyl halides is 3. The van der Waals surface area contributed by atoms with Gasteiger partial charge in [0.1, 0.15) is 5.57 Å². The molecule has 6 heteroatoms. The van der Waals surface area contributed by atoms with Gasteiger partial charge >= 0.3 is 6.18 Å². The lowest BCUT2D eigenvalue weighted by Crippen LogP contribution is -2.28. The topological polar surface area (TPSA) is 58.0 Å². The Labute approximate surface area is 90.8 Å². The molecule has 0 atom stereocenters. The summed E-state index contributed by atoms with van der Waals surface area (Å²) in [4.78, 5) is 21.9. The molecule has 0 aromatic rings. The van der Waals surface area contributed by atoms with Crippen LogP contribution in [0.4, 0.5) is 13.2 Å². The lowest BCUT2D eigenvalue weighted by atomic mass is 10.0. The van der Waals surface area contributed by atoms with Gasteiger partial charge in [-0.3, -0.25) is 15.0 Å². The van der Waals surface area contributed by atoms with Gasteiger partial charge in [-0.05, 0) is 12.3 Å². The molecule has 0 aromatic heterocycles. The van der Waals surface area contributed by atoms with Crippen molar-refractivity contribution < 1.29 is 22.8 Å². The zero-order valence-electron chi connectivity index (χ0n) is 8.78. The van der Waals surface area contributed by atoms with E-state index in [1.807, 2.05) is 6.92 Å². The highest BCUT2D eigenvalue weighted by Gasteiger charge is 2.42. The zero-order chi connectivity index (χ0) is 12.8. The predicted molar refractivity (Wildman–Crippen MR) is 51.5 cm³/mol. The molecule has 0 heterocycles. The fourth-order valence-corrected chi connectivity index (χ4v) is 1.06. The van der Waals surface area contributed by atoms with Crippen LogP contribution in [-0.2, 0) is 9.59 Å². The summed E-state index contributed by atoms with van der Waals surface area (Å²) >= 11 is 0.